The van der Waals surface area contributed by atoms with Crippen molar-refractivity contribution in [2.24, 2.45) is 15.9 Å². The standard InChI is InChI=1S/C9H10N6OS/c1-5-2-3-17-6(5)4-12-13-8(10)7-9(11)15-16-14-7/h2-4H,1H3,(H2,10,13)(H2,11,15). The molecule has 0 saturated carbocycles. The second-order valence-corrected chi connectivity index (χ2v) is 4.14. The van der Waals surface area contributed by atoms with Gasteiger partial charge in [0.2, 0.25) is 0 Å². The molecule has 0 spiro atoms. The van der Waals surface area contributed by atoms with Gasteiger partial charge >= 0.3 is 0 Å². The molecule has 0 aliphatic heterocycles. The first kappa shape index (κ1) is 11.3. The lowest BCUT2D eigenvalue weighted by atomic mass is 10.3. The predicted molar refractivity (Wildman–Crippen MR) is 66.1 cm³/mol. The molecule has 4 N–H and O–H groups in total. The van der Waals surface area contributed by atoms with E-state index in [4.69, 9.17) is 11.5 Å². The summed E-state index contributed by atoms with van der Waals surface area (Å²) in [6, 6.07) is 2.00. The Morgan fingerprint density at radius 3 is 2.94 bits per heavy atom. The minimum atomic E-state index is 0.0641. The molecule has 17 heavy (non-hydrogen) atoms. The molecule has 0 saturated heterocycles. The first-order valence-corrected chi connectivity index (χ1v) is 5.55. The van der Waals surface area contributed by atoms with Crippen LogP contribution in [0.1, 0.15) is 16.1 Å². The third kappa shape index (κ3) is 2.48. The number of thiophene rings is 1. The van der Waals surface area contributed by atoms with Crippen molar-refractivity contribution in [3.63, 3.8) is 0 Å². The van der Waals surface area contributed by atoms with Crippen LogP contribution in [0.4, 0.5) is 5.82 Å². The molecule has 0 aromatic carbocycles. The fourth-order valence-corrected chi connectivity index (χ4v) is 1.86. The molecule has 0 atom stereocenters. The zero-order chi connectivity index (χ0) is 12.3. The minimum absolute atomic E-state index is 0.0641. The van der Waals surface area contributed by atoms with Crippen LogP contribution in [0.2, 0.25) is 0 Å². The van der Waals surface area contributed by atoms with Gasteiger partial charge in [0.15, 0.2) is 17.3 Å². The number of aryl methyl sites for hydroxylation is 1. The van der Waals surface area contributed by atoms with Gasteiger partial charge in [-0.25, -0.2) is 4.63 Å². The van der Waals surface area contributed by atoms with Crippen molar-refractivity contribution < 1.29 is 4.63 Å². The van der Waals surface area contributed by atoms with Gasteiger partial charge in [-0.1, -0.05) is 0 Å². The summed E-state index contributed by atoms with van der Waals surface area (Å²) in [5.41, 5.74) is 12.4. The highest BCUT2D eigenvalue weighted by atomic mass is 32.1. The normalized spacial score (nSPS) is 12.4. The van der Waals surface area contributed by atoms with Gasteiger partial charge < -0.3 is 11.5 Å². The Labute approximate surface area is 101 Å². The van der Waals surface area contributed by atoms with Gasteiger partial charge in [-0.2, -0.15) is 5.10 Å². The predicted octanol–water partition coefficient (Wildman–Crippen LogP) is 0.761. The SMILES string of the molecule is Cc1ccsc1C=N/N=C(\N)c1nonc1N. The van der Waals surface area contributed by atoms with E-state index in [-0.39, 0.29) is 17.3 Å². The Morgan fingerprint density at radius 2 is 2.35 bits per heavy atom. The number of aromatic nitrogens is 2. The summed E-state index contributed by atoms with van der Waals surface area (Å²) in [6.45, 7) is 1.99. The lowest BCUT2D eigenvalue weighted by Crippen LogP contribution is -2.15. The summed E-state index contributed by atoms with van der Waals surface area (Å²) in [7, 11) is 0. The van der Waals surface area contributed by atoms with E-state index in [0.29, 0.717) is 0 Å². The van der Waals surface area contributed by atoms with Crippen molar-refractivity contribution in [3.8, 4) is 0 Å². The molecule has 7 nitrogen and oxygen atoms in total. The van der Waals surface area contributed by atoms with Crippen molar-refractivity contribution in [1.29, 1.82) is 0 Å². The van der Waals surface area contributed by atoms with Gasteiger partial charge in [-0.15, -0.1) is 16.4 Å². The van der Waals surface area contributed by atoms with Crippen LogP contribution in [0.25, 0.3) is 0 Å². The maximum Gasteiger partial charge on any atom is 0.199 e. The Bertz CT molecular complexity index is 570. The Morgan fingerprint density at radius 1 is 1.53 bits per heavy atom. The molecule has 0 amide bonds. The number of amidine groups is 1. The van der Waals surface area contributed by atoms with Gasteiger partial charge in [0, 0.05) is 0 Å². The van der Waals surface area contributed by atoms with E-state index in [9.17, 15) is 0 Å². The number of nitrogens with zero attached hydrogens (tertiary/aromatic N) is 4. The van der Waals surface area contributed by atoms with E-state index >= 15 is 0 Å². The van der Waals surface area contributed by atoms with Gasteiger partial charge in [0.05, 0.1) is 11.1 Å². The molecule has 0 bridgehead atoms. The summed E-state index contributed by atoms with van der Waals surface area (Å²) in [5.74, 6) is 0.156. The highest BCUT2D eigenvalue weighted by Crippen LogP contribution is 2.12. The number of nitrogen functional groups attached to an aromatic ring is 1. The molecule has 2 heterocycles. The second-order valence-electron chi connectivity index (χ2n) is 3.20. The largest absolute Gasteiger partial charge is 0.380 e. The summed E-state index contributed by atoms with van der Waals surface area (Å²) in [6.07, 6.45) is 1.62. The van der Waals surface area contributed by atoms with Crippen LogP contribution in [0, 0.1) is 6.92 Å². The smallest absolute Gasteiger partial charge is 0.199 e. The lowest BCUT2D eigenvalue weighted by Gasteiger charge is -1.91. The highest BCUT2D eigenvalue weighted by Gasteiger charge is 2.09. The van der Waals surface area contributed by atoms with E-state index in [1.165, 1.54) is 0 Å². The molecule has 2 aromatic rings. The summed E-state index contributed by atoms with van der Waals surface area (Å²) < 4.78 is 4.40. The molecule has 2 aromatic heterocycles. The van der Waals surface area contributed by atoms with Crippen LogP contribution in [0.5, 0.6) is 0 Å². The lowest BCUT2D eigenvalue weighted by molar-refractivity contribution is 0.308. The molecule has 8 heteroatoms. The zero-order valence-electron chi connectivity index (χ0n) is 8.99. The first-order chi connectivity index (χ1) is 8.18. The van der Waals surface area contributed by atoms with E-state index in [2.05, 4.69) is 25.1 Å². The van der Waals surface area contributed by atoms with Crippen molar-refractivity contribution in [2.75, 3.05) is 5.73 Å². The number of anilines is 1. The third-order valence-corrected chi connectivity index (χ3v) is 2.95. The molecule has 2 rings (SSSR count). The van der Waals surface area contributed by atoms with Crippen LogP contribution in [-0.4, -0.2) is 22.4 Å². The fraction of sp³-hybridized carbons (Fsp3) is 0.111. The van der Waals surface area contributed by atoms with Crippen LogP contribution in [-0.2, 0) is 0 Å². The van der Waals surface area contributed by atoms with E-state index in [1.807, 2.05) is 18.4 Å². The minimum Gasteiger partial charge on any atom is -0.380 e. The quantitative estimate of drug-likeness (QED) is 0.474. The van der Waals surface area contributed by atoms with Crippen molar-refractivity contribution >= 4 is 29.2 Å². The fourth-order valence-electron chi connectivity index (χ4n) is 1.08. The average molecular weight is 250 g/mol. The van der Waals surface area contributed by atoms with Crippen molar-refractivity contribution in [3.05, 3.63) is 27.6 Å². The van der Waals surface area contributed by atoms with Crippen LogP contribution >= 0.6 is 11.3 Å². The average Bonchev–Trinajstić information content (AvgIpc) is 2.88. The number of rotatable bonds is 3. The second kappa shape index (κ2) is 4.74. The monoisotopic (exact) mass is 250 g/mol. The molecule has 0 radical (unpaired) electrons. The number of hydrogen-bond acceptors (Lipinski definition) is 7. The highest BCUT2D eigenvalue weighted by molar-refractivity contribution is 7.11. The molecular formula is C9H10N6OS. The van der Waals surface area contributed by atoms with Crippen molar-refractivity contribution in [2.45, 2.75) is 6.92 Å². The maximum atomic E-state index is 5.61. The Kier molecular flexibility index (Phi) is 3.15. The van der Waals surface area contributed by atoms with E-state index < -0.39 is 0 Å². The Balaban J connectivity index is 2.14. The molecular weight excluding hydrogens is 240 g/mol. The number of nitrogens with two attached hydrogens (primary N) is 2. The van der Waals surface area contributed by atoms with E-state index in [0.717, 1.165) is 10.4 Å². The topological polar surface area (TPSA) is 116 Å². The molecule has 0 fully saturated rings. The maximum absolute atomic E-state index is 5.61. The molecule has 88 valence electrons. The van der Waals surface area contributed by atoms with Crippen LogP contribution in [0.3, 0.4) is 0 Å². The van der Waals surface area contributed by atoms with E-state index in [1.54, 1.807) is 17.6 Å². The van der Waals surface area contributed by atoms with Gasteiger partial charge in [-0.05, 0) is 34.2 Å². The molecule has 0 aliphatic rings. The Hall–Kier alpha value is -2.22. The zero-order valence-corrected chi connectivity index (χ0v) is 9.81. The third-order valence-electron chi connectivity index (χ3n) is 2.00. The first-order valence-electron chi connectivity index (χ1n) is 4.67. The van der Waals surface area contributed by atoms with Gasteiger partial charge in [-0.3, -0.25) is 0 Å². The van der Waals surface area contributed by atoms with Crippen molar-refractivity contribution in [1.82, 2.24) is 10.3 Å². The van der Waals surface area contributed by atoms with Crippen LogP contribution in [0.15, 0.2) is 26.3 Å². The summed E-state index contributed by atoms with van der Waals surface area (Å²) in [4.78, 5) is 1.02. The molecule has 0 aliphatic carbocycles. The van der Waals surface area contributed by atoms with Crippen LogP contribution < -0.4 is 11.5 Å². The molecule has 0 unspecified atom stereocenters. The van der Waals surface area contributed by atoms with Gasteiger partial charge in [0.1, 0.15) is 0 Å². The van der Waals surface area contributed by atoms with Gasteiger partial charge in [0.25, 0.3) is 0 Å². The summed E-state index contributed by atoms with van der Waals surface area (Å²) >= 11 is 1.57. The summed E-state index contributed by atoms with van der Waals surface area (Å²) in [5, 5.41) is 16.5. The number of hydrogen-bond donors (Lipinski definition) is 2.